The first-order chi connectivity index (χ1) is 9.51. The van der Waals surface area contributed by atoms with Crippen LogP contribution < -0.4 is 5.32 Å². The predicted octanol–water partition coefficient (Wildman–Crippen LogP) is 2.34. The van der Waals surface area contributed by atoms with Gasteiger partial charge < -0.3 is 9.47 Å². The Labute approximate surface area is 127 Å². The topological polar surface area (TPSA) is 81.7 Å². The van der Waals surface area contributed by atoms with Crippen molar-refractivity contribution in [1.82, 2.24) is 5.32 Å². The van der Waals surface area contributed by atoms with E-state index in [2.05, 4.69) is 25.4 Å². The number of halogens is 1. The molecule has 1 aromatic rings. The number of esters is 1. The largest absolute Gasteiger partial charge is 0.452 e. The van der Waals surface area contributed by atoms with Crippen molar-refractivity contribution >= 4 is 51.3 Å². The van der Waals surface area contributed by atoms with E-state index in [1.54, 1.807) is 13.0 Å². The molecule has 1 N–H and O–H groups in total. The van der Waals surface area contributed by atoms with Crippen LogP contribution in [-0.2, 0) is 19.1 Å². The Kier molecular flexibility index (Phi) is 6.96. The van der Waals surface area contributed by atoms with Gasteiger partial charge in [-0.2, -0.15) is 0 Å². The number of nitrogens with one attached hydrogen (secondary N) is 1. The molecule has 0 fully saturated rings. The molecule has 0 saturated heterocycles. The molecule has 1 rings (SSSR count). The van der Waals surface area contributed by atoms with Crippen LogP contribution in [0.5, 0.6) is 0 Å². The first-order valence-corrected chi connectivity index (χ1v) is 7.19. The molecule has 0 radical (unpaired) electrons. The number of ether oxygens (including phenoxy) is 2. The summed E-state index contributed by atoms with van der Waals surface area (Å²) >= 11 is 4.75. The van der Waals surface area contributed by atoms with Crippen LogP contribution >= 0.6 is 27.3 Å². The van der Waals surface area contributed by atoms with E-state index in [-0.39, 0.29) is 6.61 Å². The summed E-state index contributed by atoms with van der Waals surface area (Å²) < 4.78 is 10.1. The fourth-order valence-corrected chi connectivity index (χ4v) is 2.40. The summed E-state index contributed by atoms with van der Waals surface area (Å²) in [7, 11) is 0. The number of rotatable bonds is 5. The van der Waals surface area contributed by atoms with Crippen molar-refractivity contribution in [1.29, 1.82) is 0 Å². The Balaban J connectivity index is 2.31. The maximum atomic E-state index is 11.3. The molecule has 1 aromatic heterocycles. The maximum Gasteiger partial charge on any atom is 0.413 e. The van der Waals surface area contributed by atoms with Crippen LogP contribution in [0.3, 0.4) is 0 Å². The fraction of sp³-hybridized carbons (Fsp3) is 0.250. The molecule has 0 spiro atoms. The summed E-state index contributed by atoms with van der Waals surface area (Å²) in [4.78, 5) is 34.3. The highest BCUT2D eigenvalue weighted by atomic mass is 79.9. The average Bonchev–Trinajstić information content (AvgIpc) is 2.80. The number of amides is 2. The van der Waals surface area contributed by atoms with Gasteiger partial charge in [-0.15, -0.1) is 11.3 Å². The first kappa shape index (κ1) is 16.4. The predicted molar refractivity (Wildman–Crippen MR) is 77.2 cm³/mol. The van der Waals surface area contributed by atoms with Gasteiger partial charge in [-0.1, -0.05) is 0 Å². The first-order valence-electron chi connectivity index (χ1n) is 5.58. The van der Waals surface area contributed by atoms with Crippen LogP contribution in [-0.4, -0.2) is 31.2 Å². The van der Waals surface area contributed by atoms with Gasteiger partial charge in [0.15, 0.2) is 6.61 Å². The molecule has 0 bridgehead atoms. The molecule has 8 heteroatoms. The Morgan fingerprint density at radius 1 is 1.35 bits per heavy atom. The highest BCUT2D eigenvalue weighted by Gasteiger charge is 2.09. The molecule has 0 aliphatic rings. The van der Waals surface area contributed by atoms with E-state index >= 15 is 0 Å². The van der Waals surface area contributed by atoms with Crippen molar-refractivity contribution in [3.05, 3.63) is 26.9 Å². The van der Waals surface area contributed by atoms with Gasteiger partial charge >= 0.3 is 12.1 Å². The smallest absolute Gasteiger partial charge is 0.413 e. The fourth-order valence-electron chi connectivity index (χ4n) is 1.07. The van der Waals surface area contributed by atoms with Crippen molar-refractivity contribution in [3.63, 3.8) is 0 Å². The Bertz CT molecular complexity index is 526. The molecular weight excluding hydrogens is 350 g/mol. The molecule has 0 saturated carbocycles. The van der Waals surface area contributed by atoms with E-state index in [0.717, 1.165) is 8.66 Å². The Hall–Kier alpha value is -1.67. The highest BCUT2D eigenvalue weighted by Crippen LogP contribution is 2.22. The van der Waals surface area contributed by atoms with Crippen molar-refractivity contribution in [3.8, 4) is 0 Å². The minimum Gasteiger partial charge on any atom is -0.452 e. The summed E-state index contributed by atoms with van der Waals surface area (Å²) in [6.07, 6.45) is 1.91. The molecule has 20 heavy (non-hydrogen) atoms. The molecule has 108 valence electrons. The van der Waals surface area contributed by atoms with Crippen molar-refractivity contribution in [2.45, 2.75) is 6.92 Å². The van der Waals surface area contributed by atoms with E-state index in [9.17, 15) is 14.4 Å². The zero-order chi connectivity index (χ0) is 15.0. The van der Waals surface area contributed by atoms with Crippen LogP contribution in [0, 0.1) is 0 Å². The summed E-state index contributed by atoms with van der Waals surface area (Å²) in [5, 5.41) is 1.91. The zero-order valence-electron chi connectivity index (χ0n) is 10.6. The molecule has 1 heterocycles. The van der Waals surface area contributed by atoms with E-state index in [4.69, 9.17) is 0 Å². The van der Waals surface area contributed by atoms with Gasteiger partial charge in [0.1, 0.15) is 0 Å². The lowest BCUT2D eigenvalue weighted by Crippen LogP contribution is -2.34. The Morgan fingerprint density at radius 3 is 2.70 bits per heavy atom. The lowest BCUT2D eigenvalue weighted by Gasteiger charge is -2.03. The van der Waals surface area contributed by atoms with Gasteiger partial charge in [0.2, 0.25) is 0 Å². The van der Waals surface area contributed by atoms with E-state index in [1.165, 1.54) is 17.4 Å². The van der Waals surface area contributed by atoms with Crippen molar-refractivity contribution < 1.29 is 23.9 Å². The normalized spacial score (nSPS) is 10.3. The van der Waals surface area contributed by atoms with E-state index in [1.807, 2.05) is 17.4 Å². The van der Waals surface area contributed by atoms with Crippen LogP contribution in [0.25, 0.3) is 6.08 Å². The van der Waals surface area contributed by atoms with E-state index in [0.29, 0.717) is 0 Å². The second-order valence-corrected chi connectivity index (χ2v) is 5.85. The number of carbonyl (C=O) groups excluding carboxylic acids is 3. The number of imide groups is 1. The monoisotopic (exact) mass is 361 g/mol. The number of hydrogen-bond donors (Lipinski definition) is 1. The van der Waals surface area contributed by atoms with Crippen molar-refractivity contribution in [2.75, 3.05) is 13.2 Å². The molecule has 0 aliphatic heterocycles. The lowest BCUT2D eigenvalue weighted by atomic mass is 10.4. The molecule has 0 aliphatic carbocycles. The van der Waals surface area contributed by atoms with Crippen LogP contribution in [0.4, 0.5) is 4.79 Å². The van der Waals surface area contributed by atoms with Gasteiger partial charge in [0.25, 0.3) is 5.91 Å². The third-order valence-electron chi connectivity index (χ3n) is 1.84. The van der Waals surface area contributed by atoms with E-state index < -0.39 is 24.6 Å². The zero-order valence-corrected chi connectivity index (χ0v) is 13.0. The molecule has 6 nitrogen and oxygen atoms in total. The third kappa shape index (κ3) is 6.48. The Morgan fingerprint density at radius 2 is 2.10 bits per heavy atom. The number of thiophene rings is 1. The third-order valence-corrected chi connectivity index (χ3v) is 3.43. The van der Waals surface area contributed by atoms with Crippen LogP contribution in [0.1, 0.15) is 11.8 Å². The van der Waals surface area contributed by atoms with Crippen LogP contribution in [0.15, 0.2) is 22.0 Å². The number of hydrogen-bond acceptors (Lipinski definition) is 6. The summed E-state index contributed by atoms with van der Waals surface area (Å²) in [6, 6.07) is 3.68. The van der Waals surface area contributed by atoms with Gasteiger partial charge in [0.05, 0.1) is 10.4 Å². The van der Waals surface area contributed by atoms with Gasteiger partial charge in [-0.3, -0.25) is 10.1 Å². The number of carbonyl (C=O) groups is 3. The maximum absolute atomic E-state index is 11.3. The lowest BCUT2D eigenvalue weighted by molar-refractivity contribution is -0.143. The molecule has 0 aromatic carbocycles. The highest BCUT2D eigenvalue weighted by molar-refractivity contribution is 9.11. The van der Waals surface area contributed by atoms with Gasteiger partial charge in [-0.25, -0.2) is 9.59 Å². The summed E-state index contributed by atoms with van der Waals surface area (Å²) in [6.45, 7) is 1.21. The second-order valence-electron chi connectivity index (χ2n) is 3.35. The molecule has 0 unspecified atom stereocenters. The standard InChI is InChI=1S/C12H12BrNO5S/c1-2-18-12(17)14-10(15)7-19-11(16)6-4-8-3-5-9(13)20-8/h3-6H,2,7H2,1H3,(H,14,15,17)/b6-4+. The summed E-state index contributed by atoms with van der Waals surface area (Å²) in [5.41, 5.74) is 0. The summed E-state index contributed by atoms with van der Waals surface area (Å²) in [5.74, 6) is -1.42. The minimum atomic E-state index is -0.868. The van der Waals surface area contributed by atoms with Crippen LogP contribution in [0.2, 0.25) is 0 Å². The minimum absolute atomic E-state index is 0.151. The molecule has 2 amide bonds. The second kappa shape index (κ2) is 8.49. The number of alkyl carbamates (subject to hydrolysis) is 1. The van der Waals surface area contributed by atoms with Gasteiger partial charge in [0, 0.05) is 11.0 Å². The SMILES string of the molecule is CCOC(=O)NC(=O)COC(=O)/C=C/c1ccc(Br)s1. The molecule has 0 atom stereocenters. The molecular formula is C12H12BrNO5S. The van der Waals surface area contributed by atoms with Gasteiger partial charge in [-0.05, 0) is 41.1 Å². The van der Waals surface area contributed by atoms with Crippen molar-refractivity contribution in [2.24, 2.45) is 0 Å². The quantitative estimate of drug-likeness (QED) is 0.642. The average molecular weight is 362 g/mol.